The van der Waals surface area contributed by atoms with E-state index in [0.717, 1.165) is 52.4 Å². The van der Waals surface area contributed by atoms with Crippen LogP contribution in [0.1, 0.15) is 40.9 Å². The zero-order valence-electron chi connectivity index (χ0n) is 12.1. The minimum absolute atomic E-state index is 0.158. The molecule has 3 heterocycles. The minimum atomic E-state index is 0.158. The van der Waals surface area contributed by atoms with E-state index in [1.54, 1.807) is 6.33 Å². The largest absolute Gasteiger partial charge is 0.367 e. The maximum absolute atomic E-state index is 12.7. The standard InChI is InChI=1S/C15H18N4OS/c1-9-11-13(18-10-4-5-10)16-8-17-14(11)21-12(9)15(20)19-6-2-3-7-19/h8,10H,2-7H2,1H3,(H,16,17,18). The van der Waals surface area contributed by atoms with Crippen LogP contribution in [-0.2, 0) is 0 Å². The minimum Gasteiger partial charge on any atom is -0.367 e. The Bertz CT molecular complexity index is 701. The lowest BCUT2D eigenvalue weighted by molar-refractivity contribution is 0.0797. The van der Waals surface area contributed by atoms with Crippen LogP contribution in [0.4, 0.5) is 5.82 Å². The summed E-state index contributed by atoms with van der Waals surface area (Å²) in [6.07, 6.45) is 6.23. The average Bonchev–Trinajstić information content (AvgIpc) is 3.02. The zero-order valence-corrected chi connectivity index (χ0v) is 12.9. The number of thiophene rings is 1. The third-order valence-corrected chi connectivity index (χ3v) is 5.42. The number of nitrogens with zero attached hydrogens (tertiary/aromatic N) is 3. The van der Waals surface area contributed by atoms with Crippen molar-refractivity contribution in [1.82, 2.24) is 14.9 Å². The molecule has 1 N–H and O–H groups in total. The van der Waals surface area contributed by atoms with Crippen LogP contribution in [-0.4, -0.2) is 39.9 Å². The number of anilines is 1. The van der Waals surface area contributed by atoms with Crippen molar-refractivity contribution in [3.8, 4) is 0 Å². The lowest BCUT2D eigenvalue weighted by Crippen LogP contribution is -2.27. The molecule has 0 aromatic carbocycles. The highest BCUT2D eigenvalue weighted by atomic mass is 32.1. The van der Waals surface area contributed by atoms with E-state index in [4.69, 9.17) is 0 Å². The Hall–Kier alpha value is -1.69. The van der Waals surface area contributed by atoms with Crippen molar-refractivity contribution in [1.29, 1.82) is 0 Å². The Balaban J connectivity index is 1.76. The third-order valence-electron chi connectivity index (χ3n) is 4.23. The Kier molecular flexibility index (Phi) is 3.06. The number of nitrogens with one attached hydrogen (secondary N) is 1. The molecular weight excluding hydrogens is 284 g/mol. The number of fused-ring (bicyclic) bond motifs is 1. The summed E-state index contributed by atoms with van der Waals surface area (Å²) in [5.41, 5.74) is 1.02. The highest BCUT2D eigenvalue weighted by Gasteiger charge is 2.27. The number of amides is 1. The maximum Gasteiger partial charge on any atom is 0.264 e. The molecule has 5 nitrogen and oxygen atoms in total. The lowest BCUT2D eigenvalue weighted by atomic mass is 10.2. The predicted octanol–water partition coefficient (Wildman–Crippen LogP) is 2.81. The van der Waals surface area contributed by atoms with Gasteiger partial charge in [0.05, 0.1) is 10.3 Å². The van der Waals surface area contributed by atoms with Gasteiger partial charge >= 0.3 is 0 Å². The molecule has 1 amide bonds. The Morgan fingerprint density at radius 1 is 1.33 bits per heavy atom. The van der Waals surface area contributed by atoms with Crippen molar-refractivity contribution in [2.75, 3.05) is 18.4 Å². The number of carbonyl (C=O) groups excluding carboxylic acids is 1. The smallest absolute Gasteiger partial charge is 0.264 e. The first kappa shape index (κ1) is 13.0. The molecule has 0 spiro atoms. The second-order valence-electron chi connectivity index (χ2n) is 5.88. The van der Waals surface area contributed by atoms with Crippen molar-refractivity contribution >= 4 is 33.3 Å². The number of likely N-dealkylation sites (tertiary alicyclic amines) is 1. The van der Waals surface area contributed by atoms with Gasteiger partial charge < -0.3 is 10.2 Å². The van der Waals surface area contributed by atoms with Gasteiger partial charge in [0.15, 0.2) is 0 Å². The van der Waals surface area contributed by atoms with Crippen molar-refractivity contribution < 1.29 is 4.79 Å². The van der Waals surface area contributed by atoms with E-state index >= 15 is 0 Å². The van der Waals surface area contributed by atoms with Gasteiger partial charge in [-0.2, -0.15) is 0 Å². The van der Waals surface area contributed by atoms with Crippen molar-refractivity contribution in [2.24, 2.45) is 0 Å². The number of carbonyl (C=O) groups is 1. The number of aromatic nitrogens is 2. The molecule has 0 atom stereocenters. The van der Waals surface area contributed by atoms with Gasteiger partial charge in [-0.05, 0) is 38.2 Å². The predicted molar refractivity (Wildman–Crippen MR) is 83.9 cm³/mol. The van der Waals surface area contributed by atoms with Crippen LogP contribution in [0, 0.1) is 6.92 Å². The fourth-order valence-corrected chi connectivity index (χ4v) is 3.99. The van der Waals surface area contributed by atoms with Gasteiger partial charge in [0.2, 0.25) is 0 Å². The van der Waals surface area contributed by atoms with Crippen molar-refractivity contribution in [2.45, 2.75) is 38.6 Å². The molecule has 0 unspecified atom stereocenters. The molecule has 4 rings (SSSR count). The first-order valence-electron chi connectivity index (χ1n) is 7.54. The van der Waals surface area contributed by atoms with Crippen LogP contribution in [0.5, 0.6) is 0 Å². The van der Waals surface area contributed by atoms with Crippen LogP contribution in [0.2, 0.25) is 0 Å². The van der Waals surface area contributed by atoms with Gasteiger partial charge in [0.1, 0.15) is 17.0 Å². The first-order valence-corrected chi connectivity index (χ1v) is 8.35. The van der Waals surface area contributed by atoms with E-state index in [1.165, 1.54) is 24.2 Å². The van der Waals surface area contributed by atoms with Crippen molar-refractivity contribution in [3.05, 3.63) is 16.8 Å². The van der Waals surface area contributed by atoms with E-state index in [1.807, 2.05) is 11.8 Å². The fourth-order valence-electron chi connectivity index (χ4n) is 2.87. The summed E-state index contributed by atoms with van der Waals surface area (Å²) in [7, 11) is 0. The molecular formula is C15H18N4OS. The number of hydrogen-bond acceptors (Lipinski definition) is 5. The summed E-state index contributed by atoms with van der Waals surface area (Å²) < 4.78 is 0. The SMILES string of the molecule is Cc1c(C(=O)N2CCCC2)sc2ncnc(NC3CC3)c12. The molecule has 2 aliphatic rings. The Morgan fingerprint density at radius 3 is 2.81 bits per heavy atom. The monoisotopic (exact) mass is 302 g/mol. The van der Waals surface area contributed by atoms with Crippen LogP contribution < -0.4 is 5.32 Å². The number of hydrogen-bond donors (Lipinski definition) is 1. The van der Waals surface area contributed by atoms with Crippen LogP contribution in [0.15, 0.2) is 6.33 Å². The topological polar surface area (TPSA) is 58.1 Å². The number of rotatable bonds is 3. The summed E-state index contributed by atoms with van der Waals surface area (Å²) in [5, 5.41) is 4.48. The van der Waals surface area contributed by atoms with E-state index in [2.05, 4.69) is 15.3 Å². The second kappa shape index (κ2) is 4.94. The summed E-state index contributed by atoms with van der Waals surface area (Å²) in [4.78, 5) is 25.1. The molecule has 2 fully saturated rings. The highest BCUT2D eigenvalue weighted by Crippen LogP contribution is 2.36. The van der Waals surface area contributed by atoms with E-state index in [-0.39, 0.29) is 5.91 Å². The van der Waals surface area contributed by atoms with Crippen LogP contribution in [0.25, 0.3) is 10.2 Å². The van der Waals surface area contributed by atoms with Gasteiger partial charge in [-0.15, -0.1) is 11.3 Å². The van der Waals surface area contributed by atoms with Gasteiger partial charge in [-0.1, -0.05) is 0 Å². The van der Waals surface area contributed by atoms with Crippen molar-refractivity contribution in [3.63, 3.8) is 0 Å². The van der Waals surface area contributed by atoms with Crippen LogP contribution >= 0.6 is 11.3 Å². The zero-order chi connectivity index (χ0) is 14.4. The molecule has 1 saturated heterocycles. The molecule has 0 radical (unpaired) electrons. The molecule has 110 valence electrons. The quantitative estimate of drug-likeness (QED) is 0.947. The first-order chi connectivity index (χ1) is 10.2. The third kappa shape index (κ3) is 2.27. The van der Waals surface area contributed by atoms with E-state index in [0.29, 0.717) is 6.04 Å². The molecule has 21 heavy (non-hydrogen) atoms. The second-order valence-corrected chi connectivity index (χ2v) is 6.88. The maximum atomic E-state index is 12.7. The summed E-state index contributed by atoms with van der Waals surface area (Å²) in [6.45, 7) is 3.78. The van der Waals surface area contributed by atoms with Gasteiger partial charge in [-0.25, -0.2) is 9.97 Å². The molecule has 1 aliphatic carbocycles. The average molecular weight is 302 g/mol. The van der Waals surface area contributed by atoms with Gasteiger partial charge in [0.25, 0.3) is 5.91 Å². The summed E-state index contributed by atoms with van der Waals surface area (Å²) in [6, 6.07) is 0.542. The van der Waals surface area contributed by atoms with E-state index in [9.17, 15) is 4.79 Å². The normalized spacial score (nSPS) is 18.4. The molecule has 0 bridgehead atoms. The molecule has 1 saturated carbocycles. The number of aryl methyl sites for hydroxylation is 1. The van der Waals surface area contributed by atoms with Gasteiger partial charge in [-0.3, -0.25) is 4.79 Å². The molecule has 2 aromatic rings. The molecule has 1 aliphatic heterocycles. The van der Waals surface area contributed by atoms with E-state index < -0.39 is 0 Å². The fraction of sp³-hybridized carbons (Fsp3) is 0.533. The summed E-state index contributed by atoms with van der Waals surface area (Å²) >= 11 is 1.50. The Labute approximate surface area is 127 Å². The molecule has 2 aromatic heterocycles. The van der Waals surface area contributed by atoms with Gasteiger partial charge in [0, 0.05) is 19.1 Å². The summed E-state index contributed by atoms with van der Waals surface area (Å²) in [5.74, 6) is 1.04. The highest BCUT2D eigenvalue weighted by molar-refractivity contribution is 7.20. The lowest BCUT2D eigenvalue weighted by Gasteiger charge is -2.14. The Morgan fingerprint density at radius 2 is 2.10 bits per heavy atom. The van der Waals surface area contributed by atoms with Crippen LogP contribution in [0.3, 0.4) is 0 Å². The molecule has 6 heteroatoms.